The number of halogens is 2. The standard InChI is InChI=1S/C20H18F2N4O2/c1-12-11-23-10-9-15(12)18(13-5-3-2-4-6-13)28-20(27)16-17(19(21)22)26(25-24-16)14-7-8-14/h2-6,9-11,14,18-19H,7-8H2,1H3. The Kier molecular flexibility index (Phi) is 4.85. The molecule has 1 aliphatic carbocycles. The second-order valence-electron chi connectivity index (χ2n) is 6.73. The number of esters is 1. The van der Waals surface area contributed by atoms with Crippen molar-refractivity contribution in [3.63, 3.8) is 0 Å². The van der Waals surface area contributed by atoms with Crippen LogP contribution >= 0.6 is 0 Å². The van der Waals surface area contributed by atoms with Gasteiger partial charge in [0, 0.05) is 18.0 Å². The van der Waals surface area contributed by atoms with E-state index in [1.165, 1.54) is 0 Å². The maximum absolute atomic E-state index is 13.6. The Bertz CT molecular complexity index is 987. The molecule has 28 heavy (non-hydrogen) atoms. The number of pyridine rings is 1. The van der Waals surface area contributed by atoms with Crippen LogP contribution in [0.5, 0.6) is 0 Å². The Balaban J connectivity index is 1.70. The molecule has 0 N–H and O–H groups in total. The molecule has 0 saturated heterocycles. The van der Waals surface area contributed by atoms with Crippen LogP contribution in [0.2, 0.25) is 0 Å². The molecular formula is C20H18F2N4O2. The van der Waals surface area contributed by atoms with Gasteiger partial charge in [0.25, 0.3) is 6.43 Å². The molecule has 4 rings (SSSR count). The van der Waals surface area contributed by atoms with Gasteiger partial charge in [-0.15, -0.1) is 5.10 Å². The minimum Gasteiger partial charge on any atom is -0.448 e. The molecule has 0 aliphatic heterocycles. The van der Waals surface area contributed by atoms with E-state index in [2.05, 4.69) is 15.3 Å². The number of carbonyl (C=O) groups excluding carboxylic acids is 1. The van der Waals surface area contributed by atoms with E-state index < -0.39 is 29.9 Å². The van der Waals surface area contributed by atoms with Crippen molar-refractivity contribution in [2.45, 2.75) is 38.3 Å². The first-order chi connectivity index (χ1) is 13.6. The average molecular weight is 384 g/mol. The zero-order valence-electron chi connectivity index (χ0n) is 15.1. The summed E-state index contributed by atoms with van der Waals surface area (Å²) in [4.78, 5) is 16.9. The van der Waals surface area contributed by atoms with Crippen molar-refractivity contribution >= 4 is 5.97 Å². The monoisotopic (exact) mass is 384 g/mol. The number of ether oxygens (including phenoxy) is 1. The maximum atomic E-state index is 13.6. The first-order valence-electron chi connectivity index (χ1n) is 8.96. The zero-order valence-corrected chi connectivity index (χ0v) is 15.1. The number of nitrogens with zero attached hydrogens (tertiary/aromatic N) is 4. The SMILES string of the molecule is Cc1cnccc1C(OC(=O)c1nnn(C2CC2)c1C(F)F)c1ccccc1. The lowest BCUT2D eigenvalue weighted by Gasteiger charge is -2.20. The minimum atomic E-state index is -2.86. The molecular weight excluding hydrogens is 366 g/mol. The zero-order chi connectivity index (χ0) is 19.7. The quantitative estimate of drug-likeness (QED) is 0.596. The van der Waals surface area contributed by atoms with Crippen molar-refractivity contribution in [3.05, 3.63) is 76.9 Å². The van der Waals surface area contributed by atoms with E-state index in [0.717, 1.165) is 34.2 Å². The fourth-order valence-electron chi connectivity index (χ4n) is 3.12. The molecule has 0 bridgehead atoms. The van der Waals surface area contributed by atoms with Crippen LogP contribution in [-0.4, -0.2) is 25.9 Å². The van der Waals surface area contributed by atoms with Crippen LogP contribution < -0.4 is 0 Å². The number of hydrogen-bond acceptors (Lipinski definition) is 5. The van der Waals surface area contributed by atoms with E-state index >= 15 is 0 Å². The highest BCUT2D eigenvalue weighted by Crippen LogP contribution is 2.38. The number of benzene rings is 1. The predicted molar refractivity (Wildman–Crippen MR) is 95.9 cm³/mol. The number of alkyl halides is 2. The van der Waals surface area contributed by atoms with E-state index in [1.807, 2.05) is 37.3 Å². The normalized spacial score (nSPS) is 14.9. The highest BCUT2D eigenvalue weighted by atomic mass is 19.3. The van der Waals surface area contributed by atoms with Gasteiger partial charge in [-0.05, 0) is 37.0 Å². The van der Waals surface area contributed by atoms with Gasteiger partial charge in [-0.25, -0.2) is 18.3 Å². The number of hydrogen-bond donors (Lipinski definition) is 0. The lowest BCUT2D eigenvalue weighted by molar-refractivity contribution is 0.0358. The minimum absolute atomic E-state index is 0.120. The number of aromatic nitrogens is 4. The van der Waals surface area contributed by atoms with Gasteiger partial charge in [-0.1, -0.05) is 35.5 Å². The van der Waals surface area contributed by atoms with Crippen molar-refractivity contribution in [1.29, 1.82) is 0 Å². The van der Waals surface area contributed by atoms with Gasteiger partial charge in [0.15, 0.2) is 11.8 Å². The summed E-state index contributed by atoms with van der Waals surface area (Å²) < 4.78 is 34.0. The first kappa shape index (κ1) is 18.2. The summed E-state index contributed by atoms with van der Waals surface area (Å²) in [6.45, 7) is 1.85. The third-order valence-electron chi connectivity index (χ3n) is 4.70. The fourth-order valence-corrected chi connectivity index (χ4v) is 3.12. The molecule has 8 heteroatoms. The maximum Gasteiger partial charge on any atom is 0.362 e. The van der Waals surface area contributed by atoms with Gasteiger partial charge in [0.1, 0.15) is 5.69 Å². The molecule has 1 saturated carbocycles. The highest BCUT2D eigenvalue weighted by molar-refractivity contribution is 5.88. The van der Waals surface area contributed by atoms with Gasteiger partial charge in [-0.2, -0.15) is 0 Å². The summed E-state index contributed by atoms with van der Waals surface area (Å²) in [5, 5.41) is 7.47. The number of rotatable bonds is 6. The van der Waals surface area contributed by atoms with Crippen LogP contribution in [0.4, 0.5) is 8.78 Å². The van der Waals surface area contributed by atoms with Crippen LogP contribution in [-0.2, 0) is 4.74 Å². The molecule has 0 spiro atoms. The Morgan fingerprint density at radius 3 is 2.61 bits per heavy atom. The average Bonchev–Trinajstić information content (AvgIpc) is 3.44. The smallest absolute Gasteiger partial charge is 0.362 e. The van der Waals surface area contributed by atoms with Gasteiger partial charge in [0.05, 0.1) is 6.04 Å². The third kappa shape index (κ3) is 3.49. The van der Waals surface area contributed by atoms with E-state index in [1.54, 1.807) is 18.5 Å². The molecule has 1 atom stereocenters. The molecule has 1 unspecified atom stereocenters. The van der Waals surface area contributed by atoms with Gasteiger partial charge >= 0.3 is 5.97 Å². The lowest BCUT2D eigenvalue weighted by atomic mass is 9.99. The Hall–Kier alpha value is -3.16. The molecule has 6 nitrogen and oxygen atoms in total. The number of aryl methyl sites for hydroxylation is 1. The Morgan fingerprint density at radius 2 is 1.96 bits per heavy atom. The molecule has 0 radical (unpaired) electrons. The van der Waals surface area contributed by atoms with Crippen molar-refractivity contribution in [3.8, 4) is 0 Å². The lowest BCUT2D eigenvalue weighted by Crippen LogP contribution is -2.16. The highest BCUT2D eigenvalue weighted by Gasteiger charge is 2.36. The first-order valence-corrected chi connectivity index (χ1v) is 8.96. The van der Waals surface area contributed by atoms with Crippen LogP contribution in [0.1, 0.15) is 64.3 Å². The molecule has 144 valence electrons. The molecule has 0 amide bonds. The second-order valence-corrected chi connectivity index (χ2v) is 6.73. The topological polar surface area (TPSA) is 69.9 Å². The van der Waals surface area contributed by atoms with Crippen molar-refractivity contribution < 1.29 is 18.3 Å². The van der Waals surface area contributed by atoms with Gasteiger partial charge < -0.3 is 4.74 Å². The summed E-state index contributed by atoms with van der Waals surface area (Å²) in [6, 6.07) is 10.7. The van der Waals surface area contributed by atoms with Crippen molar-refractivity contribution in [2.24, 2.45) is 0 Å². The van der Waals surface area contributed by atoms with E-state index in [0.29, 0.717) is 0 Å². The second kappa shape index (κ2) is 7.46. The summed E-state index contributed by atoms with van der Waals surface area (Å²) in [5.41, 5.74) is 1.35. The van der Waals surface area contributed by atoms with Gasteiger partial charge in [-0.3, -0.25) is 4.98 Å². The summed E-state index contributed by atoms with van der Waals surface area (Å²) in [5.74, 6) is -0.924. The summed E-state index contributed by atoms with van der Waals surface area (Å²) >= 11 is 0. The van der Waals surface area contributed by atoms with E-state index in [4.69, 9.17) is 4.74 Å². The number of carbonyl (C=O) groups is 1. The molecule has 2 heterocycles. The van der Waals surface area contributed by atoms with Crippen molar-refractivity contribution in [2.75, 3.05) is 0 Å². The van der Waals surface area contributed by atoms with E-state index in [9.17, 15) is 13.6 Å². The third-order valence-corrected chi connectivity index (χ3v) is 4.70. The Labute approximate surface area is 160 Å². The predicted octanol–water partition coefficient (Wildman–Crippen LogP) is 4.20. The molecule has 1 fully saturated rings. The van der Waals surface area contributed by atoms with E-state index in [-0.39, 0.29) is 6.04 Å². The molecule has 1 aliphatic rings. The van der Waals surface area contributed by atoms with Crippen LogP contribution in [0, 0.1) is 6.92 Å². The fraction of sp³-hybridized carbons (Fsp3) is 0.300. The van der Waals surface area contributed by atoms with Crippen LogP contribution in [0.15, 0.2) is 48.8 Å². The molecule has 3 aromatic rings. The summed E-state index contributed by atoms with van der Waals surface area (Å²) in [6.07, 6.45) is 1.12. The molecule has 2 aromatic heterocycles. The van der Waals surface area contributed by atoms with Crippen LogP contribution in [0.25, 0.3) is 0 Å². The molecule has 1 aromatic carbocycles. The van der Waals surface area contributed by atoms with Crippen molar-refractivity contribution in [1.82, 2.24) is 20.0 Å². The largest absolute Gasteiger partial charge is 0.448 e. The van der Waals surface area contributed by atoms with Crippen LogP contribution in [0.3, 0.4) is 0 Å². The summed E-state index contributed by atoms with van der Waals surface area (Å²) in [7, 11) is 0. The van der Waals surface area contributed by atoms with Gasteiger partial charge in [0.2, 0.25) is 0 Å². The Morgan fingerprint density at radius 1 is 1.21 bits per heavy atom.